The fourth-order valence-electron chi connectivity index (χ4n) is 2.93. The van der Waals surface area contributed by atoms with Gasteiger partial charge in [0.15, 0.2) is 0 Å². The van der Waals surface area contributed by atoms with Gasteiger partial charge in [0.25, 0.3) is 5.56 Å². The smallest absolute Gasteiger partial charge is 0.257 e. The van der Waals surface area contributed by atoms with Gasteiger partial charge in [-0.1, -0.05) is 18.2 Å². The molecule has 144 valence electrons. The number of aryl methyl sites for hydroxylation is 1. The number of benzene rings is 2. The van der Waals surface area contributed by atoms with Gasteiger partial charge in [-0.15, -0.1) is 0 Å². The van der Waals surface area contributed by atoms with E-state index in [1.165, 1.54) is 28.8 Å². The van der Waals surface area contributed by atoms with Gasteiger partial charge in [-0.05, 0) is 43.3 Å². The molecule has 6 nitrogen and oxygen atoms in total. The molecule has 0 radical (unpaired) electrons. The van der Waals surface area contributed by atoms with Crippen molar-refractivity contribution < 1.29 is 14.3 Å². The van der Waals surface area contributed by atoms with Crippen molar-refractivity contribution in [1.29, 1.82) is 0 Å². The van der Waals surface area contributed by atoms with Crippen molar-refractivity contribution in [3.05, 3.63) is 82.0 Å². The summed E-state index contributed by atoms with van der Waals surface area (Å²) in [6, 6.07) is 14.5. The molecule has 1 aromatic heterocycles. The molecule has 2 aromatic carbocycles. The highest BCUT2D eigenvalue weighted by Crippen LogP contribution is 2.18. The van der Waals surface area contributed by atoms with Gasteiger partial charge in [0, 0.05) is 35.5 Å². The first-order valence-electron chi connectivity index (χ1n) is 8.81. The van der Waals surface area contributed by atoms with Crippen molar-refractivity contribution in [2.45, 2.75) is 19.9 Å². The number of carbonyl (C=O) groups is 1. The third kappa shape index (κ3) is 4.32. The predicted octanol–water partition coefficient (Wildman–Crippen LogP) is 2.53. The molecule has 28 heavy (non-hydrogen) atoms. The highest BCUT2D eigenvalue weighted by Gasteiger charge is 2.17. The molecule has 0 aliphatic carbocycles. The van der Waals surface area contributed by atoms with Gasteiger partial charge in [0.05, 0.1) is 0 Å². The van der Waals surface area contributed by atoms with Gasteiger partial charge in [-0.2, -0.15) is 0 Å². The molecule has 0 aliphatic heterocycles. The van der Waals surface area contributed by atoms with E-state index >= 15 is 0 Å². The summed E-state index contributed by atoms with van der Waals surface area (Å²) in [7, 11) is 0. The van der Waals surface area contributed by atoms with Gasteiger partial charge >= 0.3 is 0 Å². The molecule has 3 rings (SSSR count). The number of hydrogen-bond donors (Lipinski definition) is 2. The van der Waals surface area contributed by atoms with Crippen LogP contribution >= 0.6 is 0 Å². The van der Waals surface area contributed by atoms with E-state index in [1.807, 2.05) is 6.07 Å². The molecule has 0 fully saturated rings. The van der Waals surface area contributed by atoms with Crippen LogP contribution in [0.4, 0.5) is 10.1 Å². The molecule has 0 saturated carbocycles. The number of hydrogen-bond acceptors (Lipinski definition) is 4. The largest absolute Gasteiger partial charge is 0.396 e. The Bertz CT molecular complexity index is 1030. The normalized spacial score (nSPS) is 10.7. The fraction of sp³-hybridized carbons (Fsp3) is 0.190. The SMILES string of the molecule is Cc1nc(-c2ccc(F)cc2)n(CC(=O)Nc2ccccc2)c(=O)c1CCO. The summed E-state index contributed by atoms with van der Waals surface area (Å²) in [5.41, 5.74) is 1.55. The number of amides is 1. The Kier molecular flexibility index (Phi) is 5.96. The monoisotopic (exact) mass is 381 g/mol. The first kappa shape index (κ1) is 19.4. The second-order valence-electron chi connectivity index (χ2n) is 6.29. The van der Waals surface area contributed by atoms with Gasteiger partial charge in [0.1, 0.15) is 18.2 Å². The number of anilines is 1. The zero-order chi connectivity index (χ0) is 20.1. The van der Waals surface area contributed by atoms with E-state index in [1.54, 1.807) is 31.2 Å². The summed E-state index contributed by atoms with van der Waals surface area (Å²) in [4.78, 5) is 30.0. The number of carbonyl (C=O) groups excluding carboxylic acids is 1. The molecule has 2 N–H and O–H groups in total. The van der Waals surface area contributed by atoms with Crippen LogP contribution < -0.4 is 10.9 Å². The van der Waals surface area contributed by atoms with Crippen LogP contribution in [0, 0.1) is 12.7 Å². The van der Waals surface area contributed by atoms with E-state index < -0.39 is 17.3 Å². The number of halogens is 1. The quantitative estimate of drug-likeness (QED) is 0.687. The number of nitrogens with zero attached hydrogens (tertiary/aromatic N) is 2. The van der Waals surface area contributed by atoms with Crippen LogP contribution in [0.5, 0.6) is 0 Å². The van der Waals surface area contributed by atoms with Crippen LogP contribution in [0.15, 0.2) is 59.4 Å². The fourth-order valence-corrected chi connectivity index (χ4v) is 2.93. The van der Waals surface area contributed by atoms with Crippen LogP contribution in [-0.2, 0) is 17.8 Å². The van der Waals surface area contributed by atoms with Crippen LogP contribution in [0.1, 0.15) is 11.3 Å². The average molecular weight is 381 g/mol. The molecule has 0 bridgehead atoms. The van der Waals surface area contributed by atoms with Gasteiger partial charge in [0.2, 0.25) is 5.91 Å². The number of aliphatic hydroxyl groups excluding tert-OH is 1. The second kappa shape index (κ2) is 8.58. The maximum Gasteiger partial charge on any atom is 0.257 e. The number of aromatic nitrogens is 2. The Morgan fingerprint density at radius 2 is 1.82 bits per heavy atom. The van der Waals surface area contributed by atoms with Gasteiger partial charge < -0.3 is 10.4 Å². The van der Waals surface area contributed by atoms with Gasteiger partial charge in [-0.25, -0.2) is 9.37 Å². The number of rotatable bonds is 6. The molecule has 0 unspecified atom stereocenters. The number of nitrogens with one attached hydrogen (secondary N) is 1. The van der Waals surface area contributed by atoms with Crippen LogP contribution in [0.3, 0.4) is 0 Å². The molecule has 0 saturated heterocycles. The van der Waals surface area contributed by atoms with E-state index in [0.717, 1.165) is 0 Å². The Balaban J connectivity index is 2.03. The van der Waals surface area contributed by atoms with Crippen molar-refractivity contribution in [2.24, 2.45) is 0 Å². The molecule has 1 amide bonds. The standard InChI is InChI=1S/C21H20FN3O3/c1-14-18(11-12-26)21(28)25(13-19(27)24-17-5-3-2-4-6-17)20(23-14)15-7-9-16(22)10-8-15/h2-10,26H,11-13H2,1H3,(H,24,27). The van der Waals surface area contributed by atoms with Crippen molar-refractivity contribution in [2.75, 3.05) is 11.9 Å². The van der Waals surface area contributed by atoms with E-state index in [4.69, 9.17) is 0 Å². The molecule has 3 aromatic rings. The van der Waals surface area contributed by atoms with E-state index in [2.05, 4.69) is 10.3 Å². The molecule has 1 heterocycles. The van der Waals surface area contributed by atoms with E-state index in [9.17, 15) is 19.1 Å². The zero-order valence-corrected chi connectivity index (χ0v) is 15.4. The summed E-state index contributed by atoms with van der Waals surface area (Å²) in [6.45, 7) is 1.21. The third-order valence-corrected chi connectivity index (χ3v) is 4.29. The summed E-state index contributed by atoms with van der Waals surface area (Å²) in [5.74, 6) is -0.530. The highest BCUT2D eigenvalue weighted by molar-refractivity contribution is 5.90. The summed E-state index contributed by atoms with van der Waals surface area (Å²) >= 11 is 0. The minimum atomic E-state index is -0.409. The molecule has 0 spiro atoms. The first-order valence-corrected chi connectivity index (χ1v) is 8.81. The van der Waals surface area contributed by atoms with Crippen molar-refractivity contribution in [3.63, 3.8) is 0 Å². The van der Waals surface area contributed by atoms with E-state index in [-0.39, 0.29) is 25.4 Å². The van der Waals surface area contributed by atoms with Crippen LogP contribution in [0.2, 0.25) is 0 Å². The lowest BCUT2D eigenvalue weighted by Gasteiger charge is -2.16. The Morgan fingerprint density at radius 3 is 2.46 bits per heavy atom. The van der Waals surface area contributed by atoms with Crippen molar-refractivity contribution in [1.82, 2.24) is 9.55 Å². The molecular weight excluding hydrogens is 361 g/mol. The van der Waals surface area contributed by atoms with Crippen molar-refractivity contribution >= 4 is 11.6 Å². The highest BCUT2D eigenvalue weighted by atomic mass is 19.1. The van der Waals surface area contributed by atoms with Crippen molar-refractivity contribution in [3.8, 4) is 11.4 Å². The zero-order valence-electron chi connectivity index (χ0n) is 15.4. The Morgan fingerprint density at radius 1 is 1.14 bits per heavy atom. The summed E-state index contributed by atoms with van der Waals surface area (Å²) in [6.07, 6.45) is 0.141. The second-order valence-corrected chi connectivity index (χ2v) is 6.29. The Labute approximate surface area is 161 Å². The van der Waals surface area contributed by atoms with E-state index in [0.29, 0.717) is 22.5 Å². The maximum absolute atomic E-state index is 13.3. The first-order chi connectivity index (χ1) is 13.5. The predicted molar refractivity (Wildman–Crippen MR) is 104 cm³/mol. The summed E-state index contributed by atoms with van der Waals surface area (Å²) < 4.78 is 14.6. The molecular formula is C21H20FN3O3. The molecule has 7 heteroatoms. The lowest BCUT2D eigenvalue weighted by molar-refractivity contribution is -0.116. The molecule has 0 atom stereocenters. The number of para-hydroxylation sites is 1. The average Bonchev–Trinajstić information content (AvgIpc) is 2.68. The van der Waals surface area contributed by atoms with Gasteiger partial charge in [-0.3, -0.25) is 14.2 Å². The Hall–Kier alpha value is -3.32. The molecule has 0 aliphatic rings. The lowest BCUT2D eigenvalue weighted by Crippen LogP contribution is -2.33. The van der Waals surface area contributed by atoms with Crippen LogP contribution in [-0.4, -0.2) is 27.2 Å². The minimum Gasteiger partial charge on any atom is -0.396 e. The lowest BCUT2D eigenvalue weighted by atomic mass is 10.1. The minimum absolute atomic E-state index is 0.141. The summed E-state index contributed by atoms with van der Waals surface area (Å²) in [5, 5.41) is 12.0. The topological polar surface area (TPSA) is 84.2 Å². The maximum atomic E-state index is 13.3. The van der Waals surface area contributed by atoms with Crippen LogP contribution in [0.25, 0.3) is 11.4 Å². The third-order valence-electron chi connectivity index (χ3n) is 4.29. The number of aliphatic hydroxyl groups is 1.